The van der Waals surface area contributed by atoms with Gasteiger partial charge in [0.15, 0.2) is 0 Å². The summed E-state index contributed by atoms with van der Waals surface area (Å²) in [5.41, 5.74) is -0.124. The number of rotatable bonds is 6. The molecule has 1 N–H and O–H groups in total. The van der Waals surface area contributed by atoms with Crippen LogP contribution in [0.4, 0.5) is 0 Å². The first-order valence-corrected chi connectivity index (χ1v) is 8.22. The molecule has 1 rings (SSSR count). The third kappa shape index (κ3) is 4.58. The molecule has 17 heavy (non-hydrogen) atoms. The van der Waals surface area contributed by atoms with Gasteiger partial charge in [0.05, 0.1) is 0 Å². The molecule has 1 aromatic rings. The van der Waals surface area contributed by atoms with Gasteiger partial charge in [-0.1, -0.05) is 13.8 Å². The molecular formula is C11H18ClNO2S2. The summed E-state index contributed by atoms with van der Waals surface area (Å²) in [4.78, 5) is 0.991. The van der Waals surface area contributed by atoms with E-state index in [9.17, 15) is 8.42 Å². The molecule has 98 valence electrons. The van der Waals surface area contributed by atoms with Crippen molar-refractivity contribution in [2.75, 3.05) is 12.4 Å². The lowest BCUT2D eigenvalue weighted by Crippen LogP contribution is -2.33. The lowest BCUT2D eigenvalue weighted by molar-refractivity contribution is 0.352. The van der Waals surface area contributed by atoms with Crippen LogP contribution in [0.25, 0.3) is 0 Å². The minimum Gasteiger partial charge on any atom is -0.210 e. The number of hydrogen-bond donors (Lipinski definition) is 1. The van der Waals surface area contributed by atoms with E-state index in [0.29, 0.717) is 16.6 Å². The minimum absolute atomic E-state index is 0.124. The van der Waals surface area contributed by atoms with Crippen molar-refractivity contribution in [2.24, 2.45) is 5.41 Å². The smallest absolute Gasteiger partial charge is 0.210 e. The average Bonchev–Trinajstić information content (AvgIpc) is 2.63. The Hall–Kier alpha value is -0.100. The van der Waals surface area contributed by atoms with Crippen molar-refractivity contribution in [1.29, 1.82) is 0 Å². The Labute approximate surface area is 112 Å². The van der Waals surface area contributed by atoms with Crippen molar-refractivity contribution in [3.05, 3.63) is 17.0 Å². The van der Waals surface area contributed by atoms with Gasteiger partial charge in [-0.2, -0.15) is 0 Å². The molecule has 0 unspecified atom stereocenters. The highest BCUT2D eigenvalue weighted by molar-refractivity contribution is 7.91. The molecule has 0 saturated carbocycles. The van der Waals surface area contributed by atoms with Crippen LogP contribution in [-0.4, -0.2) is 20.8 Å². The number of thiophene rings is 1. The highest BCUT2D eigenvalue weighted by atomic mass is 35.5. The number of nitrogens with one attached hydrogen (secondary N) is 1. The minimum atomic E-state index is -3.37. The Morgan fingerprint density at radius 3 is 2.53 bits per heavy atom. The van der Waals surface area contributed by atoms with Crippen molar-refractivity contribution in [3.8, 4) is 0 Å². The van der Waals surface area contributed by atoms with E-state index < -0.39 is 10.0 Å². The SMILES string of the molecule is Cc1ccc(S(=O)(=O)NCC(C)(C)CCCl)s1. The fourth-order valence-corrected chi connectivity index (χ4v) is 4.34. The molecule has 0 atom stereocenters. The maximum absolute atomic E-state index is 12.0. The third-order valence-electron chi connectivity index (χ3n) is 2.49. The summed E-state index contributed by atoms with van der Waals surface area (Å²) in [7, 11) is -3.37. The van der Waals surface area contributed by atoms with Gasteiger partial charge in [-0.15, -0.1) is 22.9 Å². The largest absolute Gasteiger partial charge is 0.250 e. The van der Waals surface area contributed by atoms with Gasteiger partial charge in [-0.3, -0.25) is 0 Å². The van der Waals surface area contributed by atoms with Crippen molar-refractivity contribution in [3.63, 3.8) is 0 Å². The molecule has 3 nitrogen and oxygen atoms in total. The molecule has 1 aromatic heterocycles. The maximum atomic E-state index is 12.0. The summed E-state index contributed by atoms with van der Waals surface area (Å²) < 4.78 is 26.9. The second-order valence-electron chi connectivity index (χ2n) is 4.79. The van der Waals surface area contributed by atoms with Crippen molar-refractivity contribution in [2.45, 2.75) is 31.4 Å². The quantitative estimate of drug-likeness (QED) is 0.820. The summed E-state index contributed by atoms with van der Waals surface area (Å²) in [5.74, 6) is 0.535. The van der Waals surface area contributed by atoms with E-state index in [-0.39, 0.29) is 5.41 Å². The zero-order chi connectivity index (χ0) is 13.1. The van der Waals surface area contributed by atoms with Crippen LogP contribution in [0.15, 0.2) is 16.3 Å². The van der Waals surface area contributed by atoms with Crippen LogP contribution in [-0.2, 0) is 10.0 Å². The monoisotopic (exact) mass is 295 g/mol. The van der Waals surface area contributed by atoms with E-state index >= 15 is 0 Å². The molecule has 0 aliphatic heterocycles. The van der Waals surface area contributed by atoms with Crippen molar-refractivity contribution >= 4 is 33.0 Å². The van der Waals surface area contributed by atoms with E-state index in [1.807, 2.05) is 26.8 Å². The number of halogens is 1. The molecule has 0 aliphatic carbocycles. The third-order valence-corrected chi connectivity index (χ3v) is 5.58. The van der Waals surface area contributed by atoms with Gasteiger partial charge in [-0.25, -0.2) is 13.1 Å². The molecule has 6 heteroatoms. The fraction of sp³-hybridized carbons (Fsp3) is 0.636. The van der Waals surface area contributed by atoms with Crippen LogP contribution in [0.3, 0.4) is 0 Å². The normalized spacial score (nSPS) is 12.9. The summed E-state index contributed by atoms with van der Waals surface area (Å²) in [6.07, 6.45) is 0.778. The van der Waals surface area contributed by atoms with E-state index in [4.69, 9.17) is 11.6 Å². The molecule has 0 spiro atoms. The Morgan fingerprint density at radius 1 is 1.41 bits per heavy atom. The van der Waals surface area contributed by atoms with Gasteiger partial charge in [0.1, 0.15) is 4.21 Å². The second-order valence-corrected chi connectivity index (χ2v) is 8.45. The predicted octanol–water partition coefficient (Wildman–Crippen LogP) is 2.99. The van der Waals surface area contributed by atoms with Crippen LogP contribution in [0.1, 0.15) is 25.1 Å². The van der Waals surface area contributed by atoms with E-state index in [1.54, 1.807) is 6.07 Å². The first-order valence-electron chi connectivity index (χ1n) is 5.39. The van der Waals surface area contributed by atoms with Crippen molar-refractivity contribution in [1.82, 2.24) is 4.72 Å². The summed E-state index contributed by atoms with van der Waals surface area (Å²) >= 11 is 6.96. The summed E-state index contributed by atoms with van der Waals surface area (Å²) in [6, 6.07) is 3.44. The number of sulfonamides is 1. The average molecular weight is 296 g/mol. The van der Waals surface area contributed by atoms with Crippen LogP contribution in [0.5, 0.6) is 0 Å². The molecule has 0 radical (unpaired) electrons. The standard InChI is InChI=1S/C11H18ClNO2S2/c1-9-4-5-10(16-9)17(14,15)13-8-11(2,3)6-7-12/h4-5,13H,6-8H2,1-3H3. The number of aryl methyl sites for hydroxylation is 1. The lowest BCUT2D eigenvalue weighted by Gasteiger charge is -2.23. The zero-order valence-electron chi connectivity index (χ0n) is 10.3. The van der Waals surface area contributed by atoms with Gasteiger partial charge < -0.3 is 0 Å². The summed E-state index contributed by atoms with van der Waals surface area (Å²) in [5, 5.41) is 0. The van der Waals surface area contributed by atoms with Crippen LogP contribution < -0.4 is 4.72 Å². The Kier molecular flexibility index (Phi) is 5.01. The van der Waals surface area contributed by atoms with E-state index in [1.165, 1.54) is 11.3 Å². The van der Waals surface area contributed by atoms with Gasteiger partial charge in [-0.05, 0) is 30.9 Å². The zero-order valence-corrected chi connectivity index (χ0v) is 12.7. The van der Waals surface area contributed by atoms with Gasteiger partial charge in [0.25, 0.3) is 0 Å². The van der Waals surface area contributed by atoms with Gasteiger partial charge in [0, 0.05) is 17.3 Å². The molecular weight excluding hydrogens is 278 g/mol. The first kappa shape index (κ1) is 15.0. The predicted molar refractivity (Wildman–Crippen MR) is 73.4 cm³/mol. The van der Waals surface area contributed by atoms with E-state index in [0.717, 1.165) is 11.3 Å². The fourth-order valence-electron chi connectivity index (χ4n) is 1.26. The molecule has 0 amide bonds. The Morgan fingerprint density at radius 2 is 2.06 bits per heavy atom. The first-order chi connectivity index (χ1) is 7.77. The highest BCUT2D eigenvalue weighted by Crippen LogP contribution is 2.23. The number of alkyl halides is 1. The molecule has 0 aliphatic rings. The van der Waals surface area contributed by atoms with Crippen LogP contribution in [0.2, 0.25) is 0 Å². The molecule has 0 saturated heterocycles. The van der Waals surface area contributed by atoms with Gasteiger partial charge >= 0.3 is 0 Å². The maximum Gasteiger partial charge on any atom is 0.250 e. The molecule has 1 heterocycles. The second kappa shape index (κ2) is 5.69. The molecule has 0 fully saturated rings. The van der Waals surface area contributed by atoms with Crippen molar-refractivity contribution < 1.29 is 8.42 Å². The topological polar surface area (TPSA) is 46.2 Å². The highest BCUT2D eigenvalue weighted by Gasteiger charge is 2.22. The summed E-state index contributed by atoms with van der Waals surface area (Å²) in [6.45, 7) is 6.29. The lowest BCUT2D eigenvalue weighted by atomic mass is 9.91. The van der Waals surface area contributed by atoms with E-state index in [2.05, 4.69) is 4.72 Å². The molecule has 0 bridgehead atoms. The van der Waals surface area contributed by atoms with Crippen LogP contribution >= 0.6 is 22.9 Å². The molecule has 0 aromatic carbocycles. The Bertz CT molecular complexity index is 466. The Balaban J connectivity index is 2.69. The number of hydrogen-bond acceptors (Lipinski definition) is 3. The van der Waals surface area contributed by atoms with Crippen LogP contribution in [0, 0.1) is 12.3 Å². The van der Waals surface area contributed by atoms with Gasteiger partial charge in [0.2, 0.25) is 10.0 Å².